The second-order valence-corrected chi connectivity index (χ2v) is 5.67. The summed E-state index contributed by atoms with van der Waals surface area (Å²) in [6, 6.07) is 2.76. The Kier molecular flexibility index (Phi) is 3.19. The van der Waals surface area contributed by atoms with Crippen molar-refractivity contribution in [2.24, 2.45) is 5.92 Å². The van der Waals surface area contributed by atoms with Gasteiger partial charge < -0.3 is 5.11 Å². The molecule has 1 aromatic heterocycles. The minimum absolute atomic E-state index is 0.0911. The van der Waals surface area contributed by atoms with E-state index in [9.17, 15) is 5.11 Å². The predicted molar refractivity (Wildman–Crippen MR) is 66.8 cm³/mol. The maximum Gasteiger partial charge on any atom is 0.0625 e. The summed E-state index contributed by atoms with van der Waals surface area (Å²) < 4.78 is 2.14. The first-order chi connectivity index (χ1) is 8.33. The van der Waals surface area contributed by atoms with Crippen LogP contribution < -0.4 is 0 Å². The Bertz CT molecular complexity index is 364. The molecule has 17 heavy (non-hydrogen) atoms. The fourth-order valence-electron chi connectivity index (χ4n) is 2.90. The summed E-state index contributed by atoms with van der Waals surface area (Å²) >= 11 is 0. The first-order valence-electron chi connectivity index (χ1n) is 7.05. The van der Waals surface area contributed by atoms with Crippen molar-refractivity contribution in [2.75, 3.05) is 0 Å². The molecular formula is C14H22N2O. The summed E-state index contributed by atoms with van der Waals surface area (Å²) in [5.74, 6) is 0.590. The number of nitrogens with zero attached hydrogens (tertiary/aromatic N) is 2. The summed E-state index contributed by atoms with van der Waals surface area (Å²) in [5.41, 5.74) is 1.15. The molecule has 1 atom stereocenters. The topological polar surface area (TPSA) is 38.0 Å². The van der Waals surface area contributed by atoms with Crippen LogP contribution in [0.2, 0.25) is 0 Å². The number of aryl methyl sites for hydroxylation is 1. The lowest BCUT2D eigenvalue weighted by Crippen LogP contribution is -2.11. The van der Waals surface area contributed by atoms with Crippen LogP contribution in [-0.2, 0) is 6.42 Å². The molecule has 3 nitrogen and oxygen atoms in total. The van der Waals surface area contributed by atoms with Gasteiger partial charge in [-0.1, -0.05) is 12.8 Å². The van der Waals surface area contributed by atoms with Gasteiger partial charge in [0.25, 0.3) is 0 Å². The van der Waals surface area contributed by atoms with Crippen molar-refractivity contribution in [3.05, 3.63) is 18.0 Å². The van der Waals surface area contributed by atoms with Crippen LogP contribution in [0.15, 0.2) is 12.3 Å². The number of aliphatic hydroxyl groups excluding tert-OH is 1. The Morgan fingerprint density at radius 3 is 2.76 bits per heavy atom. The number of hydrogen-bond donors (Lipinski definition) is 1. The molecule has 1 heterocycles. The Labute approximate surface area is 103 Å². The Hall–Kier alpha value is -0.830. The standard InChI is InChI=1S/C14H22N2O/c17-14(11-5-6-11)8-7-12-9-10-16(15-12)13-3-1-2-4-13/h9-11,13-14,17H,1-8H2. The molecule has 2 aliphatic carbocycles. The lowest BCUT2D eigenvalue weighted by Gasteiger charge is -2.09. The summed E-state index contributed by atoms with van der Waals surface area (Å²) in [6.45, 7) is 0. The fourth-order valence-corrected chi connectivity index (χ4v) is 2.90. The van der Waals surface area contributed by atoms with Crippen LogP contribution in [0.5, 0.6) is 0 Å². The van der Waals surface area contributed by atoms with E-state index in [1.165, 1.54) is 38.5 Å². The number of aliphatic hydroxyl groups is 1. The number of hydrogen-bond acceptors (Lipinski definition) is 2. The van der Waals surface area contributed by atoms with Crippen LogP contribution in [0.3, 0.4) is 0 Å². The molecule has 2 saturated carbocycles. The van der Waals surface area contributed by atoms with Crippen molar-refractivity contribution < 1.29 is 5.11 Å². The molecule has 94 valence electrons. The lowest BCUT2D eigenvalue weighted by molar-refractivity contribution is 0.141. The number of aromatic nitrogens is 2. The highest BCUT2D eigenvalue weighted by Gasteiger charge is 2.29. The van der Waals surface area contributed by atoms with Crippen LogP contribution in [0.1, 0.15) is 56.7 Å². The van der Waals surface area contributed by atoms with Gasteiger partial charge in [0.2, 0.25) is 0 Å². The molecule has 3 heteroatoms. The summed E-state index contributed by atoms with van der Waals surface area (Å²) in [6.07, 6.45) is 11.5. The van der Waals surface area contributed by atoms with Crippen molar-refractivity contribution in [1.29, 1.82) is 0 Å². The van der Waals surface area contributed by atoms with Gasteiger partial charge in [-0.25, -0.2) is 0 Å². The normalized spacial score (nSPS) is 23.1. The molecule has 2 aliphatic rings. The van der Waals surface area contributed by atoms with Crippen molar-refractivity contribution >= 4 is 0 Å². The summed E-state index contributed by atoms with van der Waals surface area (Å²) in [7, 11) is 0. The molecule has 1 N–H and O–H groups in total. The zero-order chi connectivity index (χ0) is 11.7. The Morgan fingerprint density at radius 2 is 2.06 bits per heavy atom. The van der Waals surface area contributed by atoms with Crippen molar-refractivity contribution in [1.82, 2.24) is 9.78 Å². The van der Waals surface area contributed by atoms with Gasteiger partial charge in [0, 0.05) is 6.20 Å². The second-order valence-electron chi connectivity index (χ2n) is 5.67. The molecule has 0 saturated heterocycles. The van der Waals surface area contributed by atoms with E-state index in [2.05, 4.69) is 22.0 Å². The molecule has 0 bridgehead atoms. The van der Waals surface area contributed by atoms with Gasteiger partial charge in [0.15, 0.2) is 0 Å². The van der Waals surface area contributed by atoms with E-state index < -0.39 is 0 Å². The predicted octanol–water partition coefficient (Wildman–Crippen LogP) is 2.70. The molecule has 0 aliphatic heterocycles. The van der Waals surface area contributed by atoms with Gasteiger partial charge in [-0.15, -0.1) is 0 Å². The van der Waals surface area contributed by atoms with E-state index >= 15 is 0 Å². The van der Waals surface area contributed by atoms with Gasteiger partial charge in [0.1, 0.15) is 0 Å². The maximum atomic E-state index is 9.83. The lowest BCUT2D eigenvalue weighted by atomic mass is 10.1. The minimum atomic E-state index is -0.0911. The maximum absolute atomic E-state index is 9.83. The molecule has 0 radical (unpaired) electrons. The Balaban J connectivity index is 1.52. The van der Waals surface area contributed by atoms with E-state index in [1.807, 2.05) is 0 Å². The third kappa shape index (κ3) is 2.71. The highest BCUT2D eigenvalue weighted by atomic mass is 16.3. The largest absolute Gasteiger partial charge is 0.393 e. The highest BCUT2D eigenvalue weighted by molar-refractivity contribution is 5.01. The molecule has 0 aromatic carbocycles. The molecule has 2 fully saturated rings. The van der Waals surface area contributed by atoms with E-state index in [0.29, 0.717) is 12.0 Å². The van der Waals surface area contributed by atoms with Crippen molar-refractivity contribution in [2.45, 2.75) is 63.5 Å². The van der Waals surface area contributed by atoms with Crippen molar-refractivity contribution in [3.63, 3.8) is 0 Å². The SMILES string of the molecule is OC(CCc1ccn(C2CCCC2)n1)C1CC1. The van der Waals surface area contributed by atoms with Crippen molar-refractivity contribution in [3.8, 4) is 0 Å². The van der Waals surface area contributed by atoms with Gasteiger partial charge in [0.05, 0.1) is 17.8 Å². The molecular weight excluding hydrogens is 212 g/mol. The van der Waals surface area contributed by atoms with E-state index in [4.69, 9.17) is 0 Å². The summed E-state index contributed by atoms with van der Waals surface area (Å²) in [5, 5.41) is 14.5. The third-order valence-electron chi connectivity index (χ3n) is 4.22. The highest BCUT2D eigenvalue weighted by Crippen LogP contribution is 2.34. The van der Waals surface area contributed by atoms with Crippen LogP contribution in [0.4, 0.5) is 0 Å². The van der Waals surface area contributed by atoms with Gasteiger partial charge in [-0.05, 0) is 50.5 Å². The van der Waals surface area contributed by atoms with E-state index in [0.717, 1.165) is 18.5 Å². The van der Waals surface area contributed by atoms with Crippen LogP contribution in [0.25, 0.3) is 0 Å². The minimum Gasteiger partial charge on any atom is -0.393 e. The zero-order valence-corrected chi connectivity index (χ0v) is 10.4. The van der Waals surface area contributed by atoms with Gasteiger partial charge in [-0.2, -0.15) is 5.10 Å². The van der Waals surface area contributed by atoms with E-state index in [1.54, 1.807) is 0 Å². The zero-order valence-electron chi connectivity index (χ0n) is 10.4. The summed E-state index contributed by atoms with van der Waals surface area (Å²) in [4.78, 5) is 0. The van der Waals surface area contributed by atoms with Crippen LogP contribution in [-0.4, -0.2) is 21.0 Å². The van der Waals surface area contributed by atoms with E-state index in [-0.39, 0.29) is 6.10 Å². The molecule has 1 unspecified atom stereocenters. The molecule has 0 amide bonds. The quantitative estimate of drug-likeness (QED) is 0.850. The third-order valence-corrected chi connectivity index (χ3v) is 4.22. The van der Waals surface area contributed by atoms with Crippen LogP contribution in [0, 0.1) is 5.92 Å². The first-order valence-corrected chi connectivity index (χ1v) is 7.05. The Morgan fingerprint density at radius 1 is 1.29 bits per heavy atom. The monoisotopic (exact) mass is 234 g/mol. The molecule has 0 spiro atoms. The van der Waals surface area contributed by atoms with Crippen LogP contribution >= 0.6 is 0 Å². The smallest absolute Gasteiger partial charge is 0.0625 e. The fraction of sp³-hybridized carbons (Fsp3) is 0.786. The number of rotatable bonds is 5. The average Bonchev–Trinajstić information content (AvgIpc) is 2.87. The molecule has 1 aromatic rings. The first kappa shape index (κ1) is 11.3. The van der Waals surface area contributed by atoms with Gasteiger partial charge >= 0.3 is 0 Å². The second kappa shape index (κ2) is 4.81. The van der Waals surface area contributed by atoms with Gasteiger partial charge in [-0.3, -0.25) is 4.68 Å². The molecule has 3 rings (SSSR count). The average molecular weight is 234 g/mol.